The fourth-order valence-corrected chi connectivity index (χ4v) is 4.27. The highest BCUT2D eigenvalue weighted by atomic mass is 35.5. The second-order valence-corrected chi connectivity index (χ2v) is 9.86. The first kappa shape index (κ1) is 22.3. The summed E-state index contributed by atoms with van der Waals surface area (Å²) in [6.45, 7) is 5.17. The molecular weight excluding hydrogens is 406 g/mol. The largest absolute Gasteiger partial charge is 0.389 e. The second kappa shape index (κ2) is 9.70. The van der Waals surface area contributed by atoms with Crippen molar-refractivity contribution in [1.29, 1.82) is 0 Å². The maximum absolute atomic E-state index is 10.6. The summed E-state index contributed by atoms with van der Waals surface area (Å²) >= 11 is 6.02. The number of aliphatic hydroxyl groups is 1. The minimum absolute atomic E-state index is 0.0394. The molecule has 1 fully saturated rings. The lowest BCUT2D eigenvalue weighted by molar-refractivity contribution is -0.0211. The Labute approximate surface area is 190 Å². The maximum atomic E-state index is 10.6. The van der Waals surface area contributed by atoms with Crippen molar-refractivity contribution in [2.75, 3.05) is 13.2 Å². The van der Waals surface area contributed by atoms with Crippen molar-refractivity contribution < 1.29 is 9.84 Å². The Bertz CT molecular complexity index is 998. The zero-order chi connectivity index (χ0) is 21.8. The van der Waals surface area contributed by atoms with Gasteiger partial charge in [-0.15, -0.1) is 0 Å². The van der Waals surface area contributed by atoms with Gasteiger partial charge in [-0.3, -0.25) is 0 Å². The first-order chi connectivity index (χ1) is 14.9. The summed E-state index contributed by atoms with van der Waals surface area (Å²) in [5.74, 6) is 0.547. The van der Waals surface area contributed by atoms with Gasteiger partial charge >= 0.3 is 0 Å². The molecule has 1 aliphatic rings. The molecule has 0 spiro atoms. The monoisotopic (exact) mass is 437 g/mol. The van der Waals surface area contributed by atoms with Crippen molar-refractivity contribution in [1.82, 2.24) is 5.32 Å². The second-order valence-electron chi connectivity index (χ2n) is 9.42. The van der Waals surface area contributed by atoms with Crippen LogP contribution >= 0.6 is 11.6 Å². The average Bonchev–Trinajstić information content (AvgIpc) is 3.59. The van der Waals surface area contributed by atoms with E-state index in [1.165, 1.54) is 29.2 Å². The number of ether oxygens (including phenoxy) is 1. The van der Waals surface area contributed by atoms with Crippen LogP contribution in [0.4, 0.5) is 0 Å². The first-order valence-corrected chi connectivity index (χ1v) is 11.6. The van der Waals surface area contributed by atoms with E-state index in [4.69, 9.17) is 16.3 Å². The third-order valence-electron chi connectivity index (χ3n) is 5.99. The van der Waals surface area contributed by atoms with E-state index in [0.29, 0.717) is 19.1 Å². The van der Waals surface area contributed by atoms with Gasteiger partial charge in [0, 0.05) is 17.1 Å². The Morgan fingerprint density at radius 2 is 1.74 bits per heavy atom. The molecule has 0 radical (unpaired) electrons. The van der Waals surface area contributed by atoms with Crippen LogP contribution in [0.2, 0.25) is 5.02 Å². The van der Waals surface area contributed by atoms with Gasteiger partial charge in [0.1, 0.15) is 0 Å². The van der Waals surface area contributed by atoms with Crippen LogP contribution in [0.1, 0.15) is 43.9 Å². The van der Waals surface area contributed by atoms with E-state index in [1.807, 2.05) is 24.3 Å². The Kier molecular flexibility index (Phi) is 6.98. The molecule has 0 bridgehead atoms. The molecule has 1 aliphatic carbocycles. The highest BCUT2D eigenvalue weighted by molar-refractivity contribution is 6.30. The van der Waals surface area contributed by atoms with Crippen LogP contribution in [0, 0.1) is 5.92 Å². The number of β-amino-alcohol motifs (C(OH)–C–C–N with tert-alkyl or cyclic N) is 1. The smallest absolute Gasteiger partial charge is 0.0898 e. The van der Waals surface area contributed by atoms with Crippen molar-refractivity contribution in [3.05, 3.63) is 82.9 Å². The zero-order valence-electron chi connectivity index (χ0n) is 18.4. The van der Waals surface area contributed by atoms with Crippen LogP contribution in [0.15, 0.2) is 66.7 Å². The summed E-state index contributed by atoms with van der Waals surface area (Å²) in [5, 5.41) is 17.3. The van der Waals surface area contributed by atoms with Crippen molar-refractivity contribution in [2.45, 2.75) is 50.9 Å². The molecule has 2 N–H and O–H groups in total. The maximum Gasteiger partial charge on any atom is 0.0898 e. The average molecular weight is 438 g/mol. The normalized spacial score (nSPS) is 16.4. The Morgan fingerprint density at radius 3 is 2.45 bits per heavy atom. The standard InChI is InChI=1S/C27H32ClNO2/c1-27(2,16-19-7-8-20-5-3-4-6-23(20)15-19)29-17-25(30)18-31-26(21-9-10-21)22-11-13-24(28)14-12-22/h3-8,11-15,21,25-26,29-30H,9-10,16-18H2,1-2H3. The Hall–Kier alpha value is -1.91. The van der Waals surface area contributed by atoms with E-state index in [0.717, 1.165) is 17.0 Å². The molecule has 4 rings (SSSR count). The molecule has 0 amide bonds. The quantitative estimate of drug-likeness (QED) is 0.413. The third kappa shape index (κ3) is 6.30. The van der Waals surface area contributed by atoms with E-state index in [1.54, 1.807) is 0 Å². The van der Waals surface area contributed by atoms with Gasteiger partial charge < -0.3 is 15.2 Å². The minimum Gasteiger partial charge on any atom is -0.389 e. The number of nitrogens with one attached hydrogen (secondary N) is 1. The van der Waals surface area contributed by atoms with Crippen molar-refractivity contribution in [3.8, 4) is 0 Å². The van der Waals surface area contributed by atoms with Crippen LogP contribution in [-0.2, 0) is 11.2 Å². The highest BCUT2D eigenvalue weighted by Gasteiger charge is 2.33. The minimum atomic E-state index is -0.551. The van der Waals surface area contributed by atoms with Gasteiger partial charge in [0.2, 0.25) is 0 Å². The van der Waals surface area contributed by atoms with Gasteiger partial charge in [-0.2, -0.15) is 0 Å². The fourth-order valence-electron chi connectivity index (χ4n) is 4.15. The van der Waals surface area contributed by atoms with Gasteiger partial charge in [0.25, 0.3) is 0 Å². The molecule has 2 atom stereocenters. The number of rotatable bonds is 10. The number of halogens is 1. The number of aliphatic hydroxyl groups excluding tert-OH is 1. The number of fused-ring (bicyclic) bond motifs is 1. The molecule has 1 saturated carbocycles. The Balaban J connectivity index is 1.28. The Morgan fingerprint density at radius 1 is 1.03 bits per heavy atom. The van der Waals surface area contributed by atoms with E-state index in [2.05, 4.69) is 61.6 Å². The summed E-state index contributed by atoms with van der Waals surface area (Å²) in [5.41, 5.74) is 2.30. The molecule has 31 heavy (non-hydrogen) atoms. The lowest BCUT2D eigenvalue weighted by atomic mass is 9.93. The number of hydrogen-bond donors (Lipinski definition) is 2. The van der Waals surface area contributed by atoms with E-state index >= 15 is 0 Å². The highest BCUT2D eigenvalue weighted by Crippen LogP contribution is 2.43. The SMILES string of the molecule is CC(C)(Cc1ccc2ccccc2c1)NCC(O)COC(c1ccc(Cl)cc1)C1CC1. The van der Waals surface area contributed by atoms with Gasteiger partial charge in [-0.25, -0.2) is 0 Å². The predicted molar refractivity (Wildman–Crippen MR) is 129 cm³/mol. The van der Waals surface area contributed by atoms with Gasteiger partial charge in [0.15, 0.2) is 0 Å². The molecule has 0 aromatic heterocycles. The zero-order valence-corrected chi connectivity index (χ0v) is 19.1. The van der Waals surface area contributed by atoms with Crippen LogP contribution < -0.4 is 5.32 Å². The summed E-state index contributed by atoms with van der Waals surface area (Å²) in [6.07, 6.45) is 2.74. The molecule has 3 nitrogen and oxygen atoms in total. The molecule has 3 aromatic rings. The predicted octanol–water partition coefficient (Wildman–Crippen LogP) is 5.93. The van der Waals surface area contributed by atoms with E-state index in [-0.39, 0.29) is 11.6 Å². The first-order valence-electron chi connectivity index (χ1n) is 11.2. The van der Waals surface area contributed by atoms with Crippen molar-refractivity contribution >= 4 is 22.4 Å². The number of hydrogen-bond acceptors (Lipinski definition) is 3. The lowest BCUT2D eigenvalue weighted by Gasteiger charge is -2.29. The van der Waals surface area contributed by atoms with Gasteiger partial charge in [-0.1, -0.05) is 66.2 Å². The summed E-state index contributed by atoms with van der Waals surface area (Å²) in [6, 6.07) is 22.9. The summed E-state index contributed by atoms with van der Waals surface area (Å²) in [7, 11) is 0. The molecule has 0 saturated heterocycles. The van der Waals surface area contributed by atoms with Crippen LogP contribution in [0.3, 0.4) is 0 Å². The summed E-state index contributed by atoms with van der Waals surface area (Å²) < 4.78 is 6.15. The molecule has 0 heterocycles. The fraction of sp³-hybridized carbons (Fsp3) is 0.407. The van der Waals surface area contributed by atoms with E-state index in [9.17, 15) is 5.11 Å². The topological polar surface area (TPSA) is 41.5 Å². The molecule has 0 aliphatic heterocycles. The third-order valence-corrected chi connectivity index (χ3v) is 6.25. The van der Waals surface area contributed by atoms with E-state index < -0.39 is 6.10 Å². The van der Waals surface area contributed by atoms with Gasteiger partial charge in [-0.05, 0) is 73.1 Å². The molecule has 2 unspecified atom stereocenters. The molecule has 3 aromatic carbocycles. The molecular formula is C27H32ClNO2. The van der Waals surface area contributed by atoms with Crippen molar-refractivity contribution in [3.63, 3.8) is 0 Å². The van der Waals surface area contributed by atoms with Crippen molar-refractivity contribution in [2.24, 2.45) is 5.92 Å². The van der Waals surface area contributed by atoms with Crippen LogP contribution in [-0.4, -0.2) is 29.9 Å². The number of benzene rings is 3. The lowest BCUT2D eigenvalue weighted by Crippen LogP contribution is -2.46. The summed E-state index contributed by atoms with van der Waals surface area (Å²) in [4.78, 5) is 0. The molecule has 4 heteroatoms. The van der Waals surface area contributed by atoms with Crippen LogP contribution in [0.25, 0.3) is 10.8 Å². The molecule has 164 valence electrons. The van der Waals surface area contributed by atoms with Gasteiger partial charge in [0.05, 0.1) is 18.8 Å². The van der Waals surface area contributed by atoms with Crippen LogP contribution in [0.5, 0.6) is 0 Å².